The van der Waals surface area contributed by atoms with Gasteiger partial charge in [0, 0.05) is 0 Å². The van der Waals surface area contributed by atoms with Crippen LogP contribution in [0.15, 0.2) is 18.2 Å². The molecule has 0 saturated heterocycles. The van der Waals surface area contributed by atoms with Gasteiger partial charge in [-0.05, 0) is 12.1 Å². The van der Waals surface area contributed by atoms with Gasteiger partial charge in [0.1, 0.15) is 0 Å². The molecule has 0 aliphatic heterocycles. The van der Waals surface area contributed by atoms with E-state index in [4.69, 9.17) is 0 Å². The van der Waals surface area contributed by atoms with Gasteiger partial charge in [0.15, 0.2) is 11.6 Å². The number of rotatable bonds is 2. The van der Waals surface area contributed by atoms with Crippen molar-refractivity contribution in [3.8, 4) is 0 Å². The fourth-order valence-corrected chi connectivity index (χ4v) is 0.975. The molecule has 0 radical (unpaired) electrons. The molecular weight excluding hydrogens is 291 g/mol. The van der Waals surface area contributed by atoms with Crippen LogP contribution < -0.4 is 5.32 Å². The summed E-state index contributed by atoms with van der Waals surface area (Å²) in [7, 11) is 0. The largest absolute Gasteiger partial charge is 0.323 e. The molecule has 70 valence electrons. The molecule has 0 spiro atoms. The molecule has 1 N–H and O–H groups in total. The molecule has 13 heavy (non-hydrogen) atoms. The van der Waals surface area contributed by atoms with Crippen LogP contribution >= 0.6 is 22.6 Å². The van der Waals surface area contributed by atoms with E-state index in [9.17, 15) is 13.6 Å². The fraction of sp³-hybridized carbons (Fsp3) is 0.125. The Labute approximate surface area is 87.5 Å². The van der Waals surface area contributed by atoms with Crippen LogP contribution in [0, 0.1) is 11.6 Å². The zero-order valence-corrected chi connectivity index (χ0v) is 8.64. The Balaban J connectivity index is 2.89. The van der Waals surface area contributed by atoms with Crippen LogP contribution in [0.3, 0.4) is 0 Å². The van der Waals surface area contributed by atoms with E-state index < -0.39 is 11.6 Å². The first-order valence-electron chi connectivity index (χ1n) is 3.45. The highest BCUT2D eigenvalue weighted by atomic mass is 127. The average molecular weight is 297 g/mol. The molecule has 0 saturated carbocycles. The molecule has 0 heterocycles. The molecule has 0 atom stereocenters. The lowest BCUT2D eigenvalue weighted by Crippen LogP contribution is -2.13. The van der Waals surface area contributed by atoms with Crippen molar-refractivity contribution in [2.75, 3.05) is 9.74 Å². The highest BCUT2D eigenvalue weighted by Gasteiger charge is 2.08. The van der Waals surface area contributed by atoms with Crippen LogP contribution in [-0.4, -0.2) is 10.3 Å². The second-order valence-corrected chi connectivity index (χ2v) is 3.05. The second-order valence-electron chi connectivity index (χ2n) is 2.28. The predicted octanol–water partition coefficient (Wildman–Crippen LogP) is 2.34. The van der Waals surface area contributed by atoms with Gasteiger partial charge >= 0.3 is 0 Å². The Kier molecular flexibility index (Phi) is 3.58. The molecule has 0 aliphatic rings. The van der Waals surface area contributed by atoms with E-state index in [-0.39, 0.29) is 16.0 Å². The molecule has 0 fully saturated rings. The number of anilines is 1. The number of hydrogen-bond donors (Lipinski definition) is 1. The number of benzene rings is 1. The Morgan fingerprint density at radius 1 is 1.46 bits per heavy atom. The summed E-state index contributed by atoms with van der Waals surface area (Å²) in [4.78, 5) is 10.8. The minimum Gasteiger partial charge on any atom is -0.323 e. The minimum atomic E-state index is -1.03. The van der Waals surface area contributed by atoms with Crippen LogP contribution in [-0.2, 0) is 4.79 Å². The van der Waals surface area contributed by atoms with Crippen LogP contribution in [0.4, 0.5) is 14.5 Å². The van der Waals surface area contributed by atoms with Gasteiger partial charge in [0.2, 0.25) is 5.91 Å². The van der Waals surface area contributed by atoms with Gasteiger partial charge in [-0.3, -0.25) is 4.79 Å². The van der Waals surface area contributed by atoms with Crippen molar-refractivity contribution in [3.05, 3.63) is 29.8 Å². The van der Waals surface area contributed by atoms with Gasteiger partial charge in [-0.25, -0.2) is 8.78 Å². The first kappa shape index (κ1) is 10.4. The van der Waals surface area contributed by atoms with Gasteiger partial charge in [-0.15, -0.1) is 0 Å². The van der Waals surface area contributed by atoms with Crippen LogP contribution in [0.2, 0.25) is 0 Å². The van der Waals surface area contributed by atoms with E-state index in [0.717, 1.165) is 6.07 Å². The van der Waals surface area contributed by atoms with Crippen molar-refractivity contribution in [2.45, 2.75) is 0 Å². The van der Waals surface area contributed by atoms with Gasteiger partial charge in [-0.2, -0.15) is 0 Å². The summed E-state index contributed by atoms with van der Waals surface area (Å²) >= 11 is 1.83. The van der Waals surface area contributed by atoms with Crippen LogP contribution in [0.25, 0.3) is 0 Å². The number of carbonyl (C=O) groups is 1. The molecule has 0 aliphatic carbocycles. The second kappa shape index (κ2) is 4.50. The number of amides is 1. The standard InChI is InChI=1S/C8H6F2INO/c9-5-2-1-3-6(8(5)10)12-7(13)4-11/h1-3H,4H2,(H,12,13). The van der Waals surface area contributed by atoms with Crippen molar-refractivity contribution < 1.29 is 13.6 Å². The van der Waals surface area contributed by atoms with E-state index in [1.165, 1.54) is 12.1 Å². The SMILES string of the molecule is O=C(CI)Nc1cccc(F)c1F. The highest BCUT2D eigenvalue weighted by Crippen LogP contribution is 2.16. The molecule has 5 heteroatoms. The average Bonchev–Trinajstić information content (AvgIpc) is 2.13. The number of hydrogen-bond acceptors (Lipinski definition) is 1. The quantitative estimate of drug-likeness (QED) is 0.659. The van der Waals surface area contributed by atoms with Gasteiger partial charge in [0.05, 0.1) is 10.1 Å². The minimum absolute atomic E-state index is 0.123. The van der Waals surface area contributed by atoms with Crippen LogP contribution in [0.5, 0.6) is 0 Å². The molecule has 1 aromatic rings. The third kappa shape index (κ3) is 2.61. The van der Waals surface area contributed by atoms with Crippen molar-refractivity contribution in [1.29, 1.82) is 0 Å². The lowest BCUT2D eigenvalue weighted by Gasteiger charge is -2.03. The van der Waals surface area contributed by atoms with Crippen molar-refractivity contribution >= 4 is 34.2 Å². The summed E-state index contributed by atoms with van der Waals surface area (Å²) < 4.78 is 25.7. The molecule has 1 amide bonds. The van der Waals surface area contributed by atoms with Crippen molar-refractivity contribution in [3.63, 3.8) is 0 Å². The predicted molar refractivity (Wildman–Crippen MR) is 53.9 cm³/mol. The first-order chi connectivity index (χ1) is 6.15. The monoisotopic (exact) mass is 297 g/mol. The smallest absolute Gasteiger partial charge is 0.234 e. The summed E-state index contributed by atoms with van der Waals surface area (Å²) in [5.41, 5.74) is -0.123. The lowest BCUT2D eigenvalue weighted by molar-refractivity contribution is -0.113. The van der Waals surface area contributed by atoms with Crippen LogP contribution in [0.1, 0.15) is 0 Å². The molecule has 1 rings (SSSR count). The van der Waals surface area contributed by atoms with Gasteiger partial charge in [0.25, 0.3) is 0 Å². The van der Waals surface area contributed by atoms with E-state index in [2.05, 4.69) is 5.32 Å². The topological polar surface area (TPSA) is 29.1 Å². The van der Waals surface area contributed by atoms with Gasteiger partial charge < -0.3 is 5.32 Å². The van der Waals surface area contributed by atoms with E-state index >= 15 is 0 Å². The molecule has 0 unspecified atom stereocenters. The molecular formula is C8H6F2INO. The lowest BCUT2D eigenvalue weighted by atomic mass is 10.3. The maximum absolute atomic E-state index is 12.9. The number of halogens is 3. The Morgan fingerprint density at radius 2 is 2.15 bits per heavy atom. The molecule has 0 aromatic heterocycles. The maximum Gasteiger partial charge on any atom is 0.234 e. The Morgan fingerprint density at radius 3 is 2.77 bits per heavy atom. The Hall–Kier alpha value is -0.720. The Bertz CT molecular complexity index is 330. The van der Waals surface area contributed by atoms with E-state index in [0.29, 0.717) is 0 Å². The summed E-state index contributed by atoms with van der Waals surface area (Å²) in [6.45, 7) is 0. The molecule has 0 bridgehead atoms. The van der Waals surface area contributed by atoms with Crippen molar-refractivity contribution in [1.82, 2.24) is 0 Å². The third-order valence-electron chi connectivity index (χ3n) is 1.35. The summed E-state index contributed by atoms with van der Waals surface area (Å²) in [5, 5.41) is 2.24. The summed E-state index contributed by atoms with van der Waals surface area (Å²) in [6, 6.07) is 3.64. The highest BCUT2D eigenvalue weighted by molar-refractivity contribution is 14.1. The molecule has 1 aromatic carbocycles. The third-order valence-corrected chi connectivity index (χ3v) is 2.04. The number of nitrogens with one attached hydrogen (secondary N) is 1. The summed E-state index contributed by atoms with van der Waals surface area (Å²) in [5.74, 6) is -2.35. The van der Waals surface area contributed by atoms with Crippen molar-refractivity contribution in [2.24, 2.45) is 0 Å². The normalized spacial score (nSPS) is 9.77. The number of carbonyl (C=O) groups excluding carboxylic acids is 1. The molecule has 2 nitrogen and oxygen atoms in total. The zero-order chi connectivity index (χ0) is 9.84. The van der Waals surface area contributed by atoms with E-state index in [1.54, 1.807) is 0 Å². The maximum atomic E-state index is 12.9. The fourth-order valence-electron chi connectivity index (χ4n) is 0.784. The first-order valence-corrected chi connectivity index (χ1v) is 4.97. The number of alkyl halides is 1. The summed E-state index contributed by atoms with van der Waals surface area (Å²) in [6.07, 6.45) is 0. The van der Waals surface area contributed by atoms with E-state index in [1.807, 2.05) is 22.6 Å². The zero-order valence-electron chi connectivity index (χ0n) is 6.48. The van der Waals surface area contributed by atoms with Gasteiger partial charge in [-0.1, -0.05) is 28.7 Å².